The van der Waals surface area contributed by atoms with Crippen molar-refractivity contribution in [1.29, 1.82) is 0 Å². The van der Waals surface area contributed by atoms with Gasteiger partial charge >= 0.3 is 0 Å². The minimum Gasteiger partial charge on any atom is -0.497 e. The molecule has 0 bridgehead atoms. The van der Waals surface area contributed by atoms with Crippen LogP contribution in [-0.4, -0.2) is 22.8 Å². The Morgan fingerprint density at radius 1 is 1.04 bits per heavy atom. The highest BCUT2D eigenvalue weighted by atomic mass is 16.5. The first-order valence-electron chi connectivity index (χ1n) is 9.01. The molecule has 6 nitrogen and oxygen atoms in total. The van der Waals surface area contributed by atoms with E-state index in [4.69, 9.17) is 4.74 Å². The Balaban J connectivity index is 1.85. The average Bonchev–Trinajstić information content (AvgIpc) is 2.70. The summed E-state index contributed by atoms with van der Waals surface area (Å²) >= 11 is 0. The van der Waals surface area contributed by atoms with E-state index in [1.54, 1.807) is 20.1 Å². The summed E-state index contributed by atoms with van der Waals surface area (Å²) in [4.78, 5) is 25.0. The van der Waals surface area contributed by atoms with Gasteiger partial charge in [-0.15, -0.1) is 0 Å². The fraction of sp³-hybridized carbons (Fsp3) is 0.227. The number of nitrogens with one attached hydrogen (secondary N) is 1. The molecule has 0 aliphatic rings. The fourth-order valence-electron chi connectivity index (χ4n) is 2.80. The van der Waals surface area contributed by atoms with Crippen molar-refractivity contribution in [3.8, 4) is 17.0 Å². The molecule has 0 saturated heterocycles. The quantitative estimate of drug-likeness (QED) is 0.735. The van der Waals surface area contributed by atoms with E-state index in [0.717, 1.165) is 22.4 Å². The van der Waals surface area contributed by atoms with Gasteiger partial charge in [-0.05, 0) is 74.4 Å². The van der Waals surface area contributed by atoms with Crippen LogP contribution >= 0.6 is 0 Å². The summed E-state index contributed by atoms with van der Waals surface area (Å²) in [6, 6.07) is 15.4. The van der Waals surface area contributed by atoms with Crippen molar-refractivity contribution in [2.45, 2.75) is 26.8 Å². The van der Waals surface area contributed by atoms with Crippen molar-refractivity contribution in [3.05, 3.63) is 76.1 Å². The highest BCUT2D eigenvalue weighted by Crippen LogP contribution is 2.20. The molecule has 0 saturated carbocycles. The molecule has 28 heavy (non-hydrogen) atoms. The van der Waals surface area contributed by atoms with E-state index in [2.05, 4.69) is 10.4 Å². The van der Waals surface area contributed by atoms with Crippen molar-refractivity contribution >= 4 is 11.6 Å². The zero-order valence-corrected chi connectivity index (χ0v) is 16.4. The van der Waals surface area contributed by atoms with Gasteiger partial charge in [0.2, 0.25) is 5.91 Å². The van der Waals surface area contributed by atoms with E-state index in [1.807, 2.05) is 56.3 Å². The van der Waals surface area contributed by atoms with Crippen molar-refractivity contribution < 1.29 is 9.53 Å². The Bertz CT molecular complexity index is 1060. The zero-order chi connectivity index (χ0) is 20.3. The third kappa shape index (κ3) is 4.11. The molecular formula is C22H23N3O3. The SMILES string of the molecule is COc1ccc(-c2ccc(=O)n(C(C)C(=O)Nc3ccc(C)c(C)c3)n2)cc1. The molecule has 6 heteroatoms. The Hall–Kier alpha value is -3.41. The number of hydrogen-bond donors (Lipinski definition) is 1. The van der Waals surface area contributed by atoms with Crippen LogP contribution in [0.2, 0.25) is 0 Å². The number of aryl methyl sites for hydroxylation is 2. The lowest BCUT2D eigenvalue weighted by Crippen LogP contribution is -2.33. The second kappa shape index (κ2) is 8.08. The van der Waals surface area contributed by atoms with Crippen LogP contribution in [0.15, 0.2) is 59.4 Å². The van der Waals surface area contributed by atoms with Gasteiger partial charge < -0.3 is 10.1 Å². The molecule has 1 atom stereocenters. The summed E-state index contributed by atoms with van der Waals surface area (Å²) in [5.74, 6) is 0.433. The molecule has 144 valence electrons. The largest absolute Gasteiger partial charge is 0.497 e. The van der Waals surface area contributed by atoms with Gasteiger partial charge in [-0.25, -0.2) is 4.68 Å². The van der Waals surface area contributed by atoms with Crippen molar-refractivity contribution in [2.24, 2.45) is 0 Å². The number of ether oxygens (including phenoxy) is 1. The monoisotopic (exact) mass is 377 g/mol. The first-order valence-corrected chi connectivity index (χ1v) is 9.01. The second-order valence-corrected chi connectivity index (χ2v) is 6.69. The fourth-order valence-corrected chi connectivity index (χ4v) is 2.80. The van der Waals surface area contributed by atoms with E-state index < -0.39 is 6.04 Å². The number of amides is 1. The third-order valence-corrected chi connectivity index (χ3v) is 4.73. The number of anilines is 1. The number of hydrogen-bond acceptors (Lipinski definition) is 4. The predicted molar refractivity (Wildman–Crippen MR) is 110 cm³/mol. The second-order valence-electron chi connectivity index (χ2n) is 6.69. The minimum absolute atomic E-state index is 0.301. The zero-order valence-electron chi connectivity index (χ0n) is 16.4. The number of benzene rings is 2. The van der Waals surface area contributed by atoms with Crippen LogP contribution in [0.25, 0.3) is 11.3 Å². The summed E-state index contributed by atoms with van der Waals surface area (Å²) in [5, 5.41) is 7.25. The van der Waals surface area contributed by atoms with Gasteiger partial charge in [-0.3, -0.25) is 9.59 Å². The summed E-state index contributed by atoms with van der Waals surface area (Å²) in [7, 11) is 1.60. The molecule has 0 fully saturated rings. The van der Waals surface area contributed by atoms with Crippen LogP contribution in [0.4, 0.5) is 5.69 Å². The number of aromatic nitrogens is 2. The molecule has 2 aromatic carbocycles. The Morgan fingerprint density at radius 3 is 2.39 bits per heavy atom. The highest BCUT2D eigenvalue weighted by molar-refractivity contribution is 5.93. The molecular weight excluding hydrogens is 354 g/mol. The summed E-state index contributed by atoms with van der Waals surface area (Å²) in [6.07, 6.45) is 0. The Morgan fingerprint density at radius 2 is 1.75 bits per heavy atom. The number of methoxy groups -OCH3 is 1. The maximum atomic E-state index is 12.7. The van der Waals surface area contributed by atoms with E-state index in [0.29, 0.717) is 11.4 Å². The maximum absolute atomic E-state index is 12.7. The van der Waals surface area contributed by atoms with Crippen molar-refractivity contribution in [3.63, 3.8) is 0 Å². The van der Waals surface area contributed by atoms with Gasteiger partial charge in [0, 0.05) is 17.3 Å². The molecule has 1 heterocycles. The van der Waals surface area contributed by atoms with Crippen LogP contribution in [0.5, 0.6) is 5.75 Å². The first kappa shape index (κ1) is 19.4. The van der Waals surface area contributed by atoms with Crippen LogP contribution < -0.4 is 15.6 Å². The van der Waals surface area contributed by atoms with Crippen LogP contribution in [0, 0.1) is 13.8 Å². The molecule has 0 radical (unpaired) electrons. The van der Waals surface area contributed by atoms with Crippen LogP contribution in [0.3, 0.4) is 0 Å². The lowest BCUT2D eigenvalue weighted by Gasteiger charge is -2.15. The third-order valence-electron chi connectivity index (χ3n) is 4.73. The summed E-state index contributed by atoms with van der Waals surface area (Å²) < 4.78 is 6.37. The van der Waals surface area contributed by atoms with Gasteiger partial charge in [0.25, 0.3) is 5.56 Å². The smallest absolute Gasteiger partial charge is 0.267 e. The molecule has 1 amide bonds. The standard InChI is InChI=1S/C22H23N3O3/c1-14-5-8-18(13-15(14)2)23-22(27)16(3)25-21(26)12-11-20(24-25)17-6-9-19(28-4)10-7-17/h5-13,16H,1-4H3,(H,23,27). The van der Waals surface area contributed by atoms with E-state index in [-0.39, 0.29) is 11.5 Å². The molecule has 0 aliphatic heterocycles. The van der Waals surface area contributed by atoms with Crippen molar-refractivity contribution in [2.75, 3.05) is 12.4 Å². The number of nitrogens with zero attached hydrogens (tertiary/aromatic N) is 2. The van der Waals surface area contributed by atoms with E-state index >= 15 is 0 Å². The van der Waals surface area contributed by atoms with E-state index in [1.165, 1.54) is 10.7 Å². The van der Waals surface area contributed by atoms with Gasteiger partial charge in [-0.1, -0.05) is 6.07 Å². The lowest BCUT2D eigenvalue weighted by atomic mass is 10.1. The lowest BCUT2D eigenvalue weighted by molar-refractivity contribution is -0.119. The molecule has 3 rings (SSSR count). The average molecular weight is 377 g/mol. The van der Waals surface area contributed by atoms with Gasteiger partial charge in [0.15, 0.2) is 0 Å². The van der Waals surface area contributed by atoms with Gasteiger partial charge in [0.05, 0.1) is 12.8 Å². The first-order chi connectivity index (χ1) is 13.4. The Labute approximate surface area is 163 Å². The normalized spacial score (nSPS) is 11.7. The highest BCUT2D eigenvalue weighted by Gasteiger charge is 2.18. The summed E-state index contributed by atoms with van der Waals surface area (Å²) in [5.41, 5.74) is 4.03. The topological polar surface area (TPSA) is 73.2 Å². The van der Waals surface area contributed by atoms with Crippen LogP contribution in [0.1, 0.15) is 24.1 Å². The molecule has 1 unspecified atom stereocenters. The molecule has 1 aromatic heterocycles. The number of rotatable bonds is 5. The summed E-state index contributed by atoms with van der Waals surface area (Å²) in [6.45, 7) is 5.65. The van der Waals surface area contributed by atoms with Crippen molar-refractivity contribution in [1.82, 2.24) is 9.78 Å². The predicted octanol–water partition coefficient (Wildman–Crippen LogP) is 3.74. The van der Waals surface area contributed by atoms with Crippen LogP contribution in [-0.2, 0) is 4.79 Å². The minimum atomic E-state index is -0.757. The molecule has 1 N–H and O–H groups in total. The maximum Gasteiger partial charge on any atom is 0.267 e. The van der Waals surface area contributed by atoms with Gasteiger partial charge in [0.1, 0.15) is 11.8 Å². The molecule has 3 aromatic rings. The molecule has 0 spiro atoms. The number of carbonyl (C=O) groups excluding carboxylic acids is 1. The Kier molecular flexibility index (Phi) is 5.59. The number of carbonyl (C=O) groups is 1. The van der Waals surface area contributed by atoms with Gasteiger partial charge in [-0.2, -0.15) is 5.10 Å². The molecule has 0 aliphatic carbocycles. The van der Waals surface area contributed by atoms with E-state index in [9.17, 15) is 9.59 Å².